The zero-order valence-corrected chi connectivity index (χ0v) is 14.0. The summed E-state index contributed by atoms with van der Waals surface area (Å²) >= 11 is 3.43. The van der Waals surface area contributed by atoms with Crippen LogP contribution in [0.15, 0.2) is 46.9 Å². The first-order valence-corrected chi connectivity index (χ1v) is 7.49. The van der Waals surface area contributed by atoms with Crippen molar-refractivity contribution in [2.24, 2.45) is 5.73 Å². The zero-order valence-electron chi connectivity index (χ0n) is 12.4. The van der Waals surface area contributed by atoms with Crippen LogP contribution in [-0.2, 0) is 5.41 Å². The Labute approximate surface area is 133 Å². The number of benzene rings is 2. The van der Waals surface area contributed by atoms with Crippen LogP contribution in [0.5, 0.6) is 11.5 Å². The highest BCUT2D eigenvalue weighted by Crippen LogP contribution is 2.35. The molecule has 0 aromatic heterocycles. The summed E-state index contributed by atoms with van der Waals surface area (Å²) in [6.07, 6.45) is 0. The fraction of sp³-hybridized carbons (Fsp3) is 0.235. The third-order valence-corrected chi connectivity index (χ3v) is 3.64. The first-order chi connectivity index (χ1) is 9.79. The molecule has 0 saturated carbocycles. The van der Waals surface area contributed by atoms with Crippen molar-refractivity contribution < 1.29 is 4.74 Å². The largest absolute Gasteiger partial charge is 0.456 e. The summed E-state index contributed by atoms with van der Waals surface area (Å²) in [5, 5.41) is 7.67. The van der Waals surface area contributed by atoms with E-state index in [2.05, 4.69) is 42.8 Å². The lowest BCUT2D eigenvalue weighted by atomic mass is 9.86. The molecule has 0 bridgehead atoms. The third kappa shape index (κ3) is 3.64. The molecular weight excluding hydrogens is 328 g/mol. The van der Waals surface area contributed by atoms with Gasteiger partial charge in [0.25, 0.3) is 0 Å². The van der Waals surface area contributed by atoms with Crippen LogP contribution in [0.4, 0.5) is 0 Å². The number of nitrogens with two attached hydrogens (primary N) is 1. The van der Waals surface area contributed by atoms with Gasteiger partial charge in [-0.2, -0.15) is 0 Å². The minimum Gasteiger partial charge on any atom is -0.456 e. The van der Waals surface area contributed by atoms with Gasteiger partial charge < -0.3 is 10.5 Å². The Morgan fingerprint density at radius 3 is 2.38 bits per heavy atom. The van der Waals surface area contributed by atoms with Crippen LogP contribution in [0.1, 0.15) is 31.9 Å². The van der Waals surface area contributed by atoms with Crippen LogP contribution in [-0.4, -0.2) is 5.84 Å². The number of nitrogens with one attached hydrogen (secondary N) is 1. The van der Waals surface area contributed by atoms with E-state index in [-0.39, 0.29) is 11.3 Å². The molecule has 0 amide bonds. The summed E-state index contributed by atoms with van der Waals surface area (Å²) in [7, 11) is 0. The van der Waals surface area contributed by atoms with Gasteiger partial charge in [-0.3, -0.25) is 5.41 Å². The van der Waals surface area contributed by atoms with Gasteiger partial charge in [-0.15, -0.1) is 0 Å². The van der Waals surface area contributed by atoms with E-state index < -0.39 is 0 Å². The van der Waals surface area contributed by atoms with Gasteiger partial charge in [0.2, 0.25) is 0 Å². The van der Waals surface area contributed by atoms with E-state index in [9.17, 15) is 0 Å². The summed E-state index contributed by atoms with van der Waals surface area (Å²) in [5.41, 5.74) is 7.30. The number of hydrogen-bond donors (Lipinski definition) is 2. The normalized spacial score (nSPS) is 11.2. The molecule has 0 aliphatic carbocycles. The minimum absolute atomic E-state index is 0.00857. The average molecular weight is 347 g/mol. The average Bonchev–Trinajstić information content (AvgIpc) is 2.37. The first kappa shape index (κ1) is 15.6. The van der Waals surface area contributed by atoms with Crippen LogP contribution in [0.25, 0.3) is 0 Å². The Morgan fingerprint density at radius 1 is 1.10 bits per heavy atom. The molecule has 0 fully saturated rings. The molecule has 0 unspecified atom stereocenters. The number of nitrogen functional groups attached to an aromatic ring is 1. The van der Waals surface area contributed by atoms with E-state index in [0.29, 0.717) is 11.3 Å². The molecule has 2 aromatic rings. The van der Waals surface area contributed by atoms with Crippen molar-refractivity contribution in [3.63, 3.8) is 0 Å². The minimum atomic E-state index is -0.0288. The lowest BCUT2D eigenvalue weighted by Gasteiger charge is -2.23. The molecule has 2 rings (SSSR count). The van der Waals surface area contributed by atoms with Gasteiger partial charge in [0.15, 0.2) is 0 Å². The molecule has 2 aromatic carbocycles. The number of rotatable bonds is 3. The van der Waals surface area contributed by atoms with E-state index in [4.69, 9.17) is 15.9 Å². The van der Waals surface area contributed by atoms with Crippen molar-refractivity contribution >= 4 is 21.8 Å². The first-order valence-electron chi connectivity index (χ1n) is 6.70. The topological polar surface area (TPSA) is 59.1 Å². The molecule has 3 nitrogen and oxygen atoms in total. The lowest BCUT2D eigenvalue weighted by molar-refractivity contribution is 0.454. The van der Waals surface area contributed by atoms with Crippen molar-refractivity contribution in [2.75, 3.05) is 0 Å². The Balaban J connectivity index is 2.49. The highest BCUT2D eigenvalue weighted by Gasteiger charge is 2.19. The van der Waals surface area contributed by atoms with Crippen molar-refractivity contribution in [1.82, 2.24) is 0 Å². The van der Waals surface area contributed by atoms with Gasteiger partial charge in [0.05, 0.1) is 5.56 Å². The Hall–Kier alpha value is -1.81. The zero-order chi connectivity index (χ0) is 15.6. The van der Waals surface area contributed by atoms with Crippen LogP contribution >= 0.6 is 15.9 Å². The molecule has 0 radical (unpaired) electrons. The molecule has 0 spiro atoms. The van der Waals surface area contributed by atoms with Crippen LogP contribution < -0.4 is 10.5 Å². The number of hydrogen-bond acceptors (Lipinski definition) is 2. The molecule has 3 N–H and O–H groups in total. The number of para-hydroxylation sites is 1. The molecule has 0 heterocycles. The smallest absolute Gasteiger partial charge is 0.139 e. The maximum atomic E-state index is 7.67. The van der Waals surface area contributed by atoms with Crippen LogP contribution in [0.2, 0.25) is 0 Å². The molecule has 4 heteroatoms. The van der Waals surface area contributed by atoms with E-state index in [0.717, 1.165) is 15.8 Å². The second kappa shape index (κ2) is 5.90. The van der Waals surface area contributed by atoms with Crippen molar-refractivity contribution in [1.29, 1.82) is 5.41 Å². The van der Waals surface area contributed by atoms with E-state index in [1.807, 2.05) is 30.3 Å². The molecule has 0 aliphatic rings. The quantitative estimate of drug-likeness (QED) is 0.618. The van der Waals surface area contributed by atoms with Crippen molar-refractivity contribution in [2.45, 2.75) is 26.2 Å². The van der Waals surface area contributed by atoms with Gasteiger partial charge in [-0.05, 0) is 29.7 Å². The molecule has 21 heavy (non-hydrogen) atoms. The summed E-state index contributed by atoms with van der Waals surface area (Å²) in [6.45, 7) is 6.42. The highest BCUT2D eigenvalue weighted by atomic mass is 79.9. The van der Waals surface area contributed by atoms with Gasteiger partial charge in [0.1, 0.15) is 17.3 Å². The van der Waals surface area contributed by atoms with E-state index >= 15 is 0 Å². The Kier molecular flexibility index (Phi) is 4.37. The second-order valence-electron chi connectivity index (χ2n) is 5.90. The predicted molar refractivity (Wildman–Crippen MR) is 90.4 cm³/mol. The van der Waals surface area contributed by atoms with Crippen LogP contribution in [0.3, 0.4) is 0 Å². The predicted octanol–water partition coefficient (Wildman–Crippen LogP) is 4.82. The molecule has 0 aliphatic heterocycles. The second-order valence-corrected chi connectivity index (χ2v) is 6.82. The van der Waals surface area contributed by atoms with E-state index in [1.54, 1.807) is 6.07 Å². The van der Waals surface area contributed by atoms with Gasteiger partial charge in [-0.1, -0.05) is 54.9 Å². The standard InChI is InChI=1S/C17H19BrN2O/c1-17(2,3)13-6-4-5-7-14(13)21-15-10-11(18)8-9-12(15)16(19)20/h4-10H,1-3H3,(H3,19,20). The number of amidine groups is 1. The Bertz CT molecular complexity index is 675. The summed E-state index contributed by atoms with van der Waals surface area (Å²) < 4.78 is 6.94. The van der Waals surface area contributed by atoms with Crippen molar-refractivity contribution in [3.05, 3.63) is 58.1 Å². The molecule has 0 atom stereocenters. The number of ether oxygens (including phenoxy) is 1. The summed E-state index contributed by atoms with van der Waals surface area (Å²) in [4.78, 5) is 0. The summed E-state index contributed by atoms with van der Waals surface area (Å²) in [5.74, 6) is 1.35. The monoisotopic (exact) mass is 346 g/mol. The SMILES string of the molecule is CC(C)(C)c1ccccc1Oc1cc(Br)ccc1C(=N)N. The van der Waals surface area contributed by atoms with Crippen molar-refractivity contribution in [3.8, 4) is 11.5 Å². The highest BCUT2D eigenvalue weighted by molar-refractivity contribution is 9.10. The molecule has 0 saturated heterocycles. The fourth-order valence-electron chi connectivity index (χ4n) is 2.10. The van der Waals surface area contributed by atoms with Gasteiger partial charge >= 0.3 is 0 Å². The Morgan fingerprint density at radius 2 is 1.76 bits per heavy atom. The van der Waals surface area contributed by atoms with Gasteiger partial charge in [0, 0.05) is 10.0 Å². The summed E-state index contributed by atoms with van der Waals surface area (Å²) in [6, 6.07) is 13.4. The van der Waals surface area contributed by atoms with E-state index in [1.165, 1.54) is 0 Å². The molecular formula is C17H19BrN2O. The number of halogens is 1. The molecule has 110 valence electrons. The maximum absolute atomic E-state index is 7.67. The third-order valence-electron chi connectivity index (χ3n) is 3.15. The van der Waals surface area contributed by atoms with Crippen LogP contribution in [0, 0.1) is 5.41 Å². The maximum Gasteiger partial charge on any atom is 0.139 e. The van der Waals surface area contributed by atoms with Gasteiger partial charge in [-0.25, -0.2) is 0 Å². The fourth-order valence-corrected chi connectivity index (χ4v) is 2.44. The lowest BCUT2D eigenvalue weighted by Crippen LogP contribution is -2.14.